The van der Waals surface area contributed by atoms with E-state index < -0.39 is 0 Å². The Kier molecular flexibility index (Phi) is 11.9. The second-order valence-electron chi connectivity index (χ2n) is 5.98. The van der Waals surface area contributed by atoms with Gasteiger partial charge in [-0.15, -0.1) is 35.3 Å². The summed E-state index contributed by atoms with van der Waals surface area (Å²) in [6.07, 6.45) is 6.62. The molecule has 2 N–H and O–H groups in total. The smallest absolute Gasteiger partial charge is 0.191 e. The number of rotatable bonds is 8. The first-order valence-corrected chi connectivity index (χ1v) is 8.71. The summed E-state index contributed by atoms with van der Waals surface area (Å²) in [5, 5.41) is 8.00. The fourth-order valence-corrected chi connectivity index (χ4v) is 2.92. The summed E-state index contributed by atoms with van der Waals surface area (Å²) in [6, 6.07) is 0.456. The van der Waals surface area contributed by atoms with Gasteiger partial charge in [-0.2, -0.15) is 0 Å². The van der Waals surface area contributed by atoms with Crippen molar-refractivity contribution in [2.45, 2.75) is 59.4 Å². The summed E-state index contributed by atoms with van der Waals surface area (Å²) < 4.78 is 0. The molecule has 0 aliphatic rings. The van der Waals surface area contributed by atoms with Crippen molar-refractivity contribution in [1.29, 1.82) is 0 Å². The van der Waals surface area contributed by atoms with Crippen LogP contribution in [0.5, 0.6) is 0 Å². The highest BCUT2D eigenvalue weighted by molar-refractivity contribution is 14.0. The van der Waals surface area contributed by atoms with E-state index in [1.165, 1.54) is 29.1 Å². The Labute approximate surface area is 156 Å². The van der Waals surface area contributed by atoms with E-state index in [4.69, 9.17) is 0 Å². The monoisotopic (exact) mass is 438 g/mol. The van der Waals surface area contributed by atoms with Crippen LogP contribution in [0.4, 0.5) is 0 Å². The summed E-state index contributed by atoms with van der Waals surface area (Å²) in [7, 11) is 1.82. The van der Waals surface area contributed by atoms with E-state index in [2.05, 4.69) is 48.3 Å². The predicted molar refractivity (Wildman–Crippen MR) is 109 cm³/mol. The number of guanidine groups is 1. The van der Waals surface area contributed by atoms with Gasteiger partial charge >= 0.3 is 0 Å². The minimum atomic E-state index is 0. The first-order chi connectivity index (χ1) is 10.0. The SMILES string of the molecule is CN=C(NCCc1ncc(C)s1)NC(C)CCCC(C)C.I. The highest BCUT2D eigenvalue weighted by Crippen LogP contribution is 2.11. The van der Waals surface area contributed by atoms with Crippen molar-refractivity contribution >= 4 is 41.3 Å². The van der Waals surface area contributed by atoms with E-state index in [0.29, 0.717) is 6.04 Å². The van der Waals surface area contributed by atoms with Crippen LogP contribution in [-0.4, -0.2) is 30.6 Å². The molecule has 0 saturated heterocycles. The van der Waals surface area contributed by atoms with Crippen LogP contribution in [0, 0.1) is 12.8 Å². The zero-order valence-corrected chi connectivity index (χ0v) is 17.6. The first-order valence-electron chi connectivity index (χ1n) is 7.89. The molecule has 0 amide bonds. The summed E-state index contributed by atoms with van der Waals surface area (Å²) in [4.78, 5) is 9.93. The Morgan fingerprint density at radius 3 is 2.59 bits per heavy atom. The largest absolute Gasteiger partial charge is 0.356 e. The molecule has 128 valence electrons. The average Bonchev–Trinajstić information content (AvgIpc) is 2.83. The molecule has 1 aromatic rings. The van der Waals surface area contributed by atoms with E-state index >= 15 is 0 Å². The standard InChI is InChI=1S/C16H30N4S.HI/c1-12(2)7-6-8-13(3)20-16(17-5)18-10-9-15-19-11-14(4)21-15;/h11-13H,6-10H2,1-5H3,(H2,17,18,20);1H. The van der Waals surface area contributed by atoms with E-state index in [1.807, 2.05) is 13.2 Å². The first kappa shape index (κ1) is 21.6. The third-order valence-electron chi connectivity index (χ3n) is 3.33. The number of hydrogen-bond donors (Lipinski definition) is 2. The van der Waals surface area contributed by atoms with Gasteiger partial charge in [0.1, 0.15) is 0 Å². The van der Waals surface area contributed by atoms with Crippen LogP contribution in [0.1, 0.15) is 49.9 Å². The lowest BCUT2D eigenvalue weighted by Crippen LogP contribution is -2.42. The molecule has 1 rings (SSSR count). The maximum Gasteiger partial charge on any atom is 0.191 e. The fraction of sp³-hybridized carbons (Fsp3) is 0.750. The minimum absolute atomic E-state index is 0. The van der Waals surface area contributed by atoms with Crippen LogP contribution >= 0.6 is 35.3 Å². The Hall–Kier alpha value is -0.370. The molecule has 0 aliphatic carbocycles. The van der Waals surface area contributed by atoms with E-state index in [-0.39, 0.29) is 24.0 Å². The lowest BCUT2D eigenvalue weighted by molar-refractivity contribution is 0.491. The van der Waals surface area contributed by atoms with Gasteiger partial charge in [0, 0.05) is 37.1 Å². The van der Waals surface area contributed by atoms with Gasteiger partial charge in [0.25, 0.3) is 0 Å². The minimum Gasteiger partial charge on any atom is -0.356 e. The van der Waals surface area contributed by atoms with Gasteiger partial charge in [-0.25, -0.2) is 4.98 Å². The molecule has 0 aromatic carbocycles. The Morgan fingerprint density at radius 1 is 1.32 bits per heavy atom. The summed E-state index contributed by atoms with van der Waals surface area (Å²) >= 11 is 1.76. The van der Waals surface area contributed by atoms with Crippen LogP contribution in [0.15, 0.2) is 11.2 Å². The van der Waals surface area contributed by atoms with Crippen LogP contribution in [-0.2, 0) is 6.42 Å². The summed E-state index contributed by atoms with van der Waals surface area (Å²) in [6.45, 7) is 9.73. The third-order valence-corrected chi connectivity index (χ3v) is 4.30. The number of halogens is 1. The molecule has 1 unspecified atom stereocenters. The number of nitrogens with one attached hydrogen (secondary N) is 2. The van der Waals surface area contributed by atoms with Gasteiger partial charge in [0.05, 0.1) is 5.01 Å². The molecule has 6 heteroatoms. The zero-order valence-electron chi connectivity index (χ0n) is 14.5. The Balaban J connectivity index is 0.00000441. The van der Waals surface area contributed by atoms with Gasteiger partial charge in [-0.3, -0.25) is 4.99 Å². The molecule has 0 fully saturated rings. The maximum absolute atomic E-state index is 4.37. The topological polar surface area (TPSA) is 49.3 Å². The van der Waals surface area contributed by atoms with Crippen molar-refractivity contribution in [1.82, 2.24) is 15.6 Å². The van der Waals surface area contributed by atoms with Gasteiger partial charge in [-0.1, -0.05) is 26.7 Å². The van der Waals surface area contributed by atoms with Crippen molar-refractivity contribution < 1.29 is 0 Å². The molecule has 0 spiro atoms. The van der Waals surface area contributed by atoms with Crippen molar-refractivity contribution in [3.8, 4) is 0 Å². The number of aliphatic imine (C=N–C) groups is 1. The molecular weight excluding hydrogens is 407 g/mol. The van der Waals surface area contributed by atoms with Crippen LogP contribution < -0.4 is 10.6 Å². The average molecular weight is 438 g/mol. The van der Waals surface area contributed by atoms with E-state index in [0.717, 1.165) is 24.8 Å². The van der Waals surface area contributed by atoms with Crippen LogP contribution in [0.3, 0.4) is 0 Å². The highest BCUT2D eigenvalue weighted by atomic mass is 127. The van der Waals surface area contributed by atoms with Gasteiger partial charge in [0.15, 0.2) is 5.96 Å². The number of hydrogen-bond acceptors (Lipinski definition) is 3. The van der Waals surface area contributed by atoms with E-state index in [9.17, 15) is 0 Å². The van der Waals surface area contributed by atoms with Gasteiger partial charge < -0.3 is 10.6 Å². The maximum atomic E-state index is 4.37. The molecular formula is C16H31IN4S. The summed E-state index contributed by atoms with van der Waals surface area (Å²) in [5.41, 5.74) is 0. The molecule has 1 aromatic heterocycles. The molecule has 1 atom stereocenters. The lowest BCUT2D eigenvalue weighted by atomic mass is 10.0. The number of thiazole rings is 1. The molecule has 0 saturated carbocycles. The van der Waals surface area contributed by atoms with Crippen LogP contribution in [0.2, 0.25) is 0 Å². The highest BCUT2D eigenvalue weighted by Gasteiger charge is 2.06. The Bertz CT molecular complexity index is 432. The second-order valence-corrected chi connectivity index (χ2v) is 7.30. The normalized spacial score (nSPS) is 12.9. The molecule has 1 heterocycles. The quantitative estimate of drug-likeness (QED) is 0.367. The second kappa shape index (κ2) is 12.1. The summed E-state index contributed by atoms with van der Waals surface area (Å²) in [5.74, 6) is 1.68. The predicted octanol–water partition coefficient (Wildman–Crippen LogP) is 3.99. The number of nitrogens with zero attached hydrogens (tertiary/aromatic N) is 2. The van der Waals surface area contributed by atoms with Crippen molar-refractivity contribution in [3.05, 3.63) is 16.1 Å². The lowest BCUT2D eigenvalue weighted by Gasteiger charge is -2.18. The van der Waals surface area contributed by atoms with E-state index in [1.54, 1.807) is 11.3 Å². The Morgan fingerprint density at radius 2 is 2.05 bits per heavy atom. The van der Waals surface area contributed by atoms with Crippen LogP contribution in [0.25, 0.3) is 0 Å². The molecule has 0 bridgehead atoms. The van der Waals surface area contributed by atoms with Gasteiger partial charge in [0.2, 0.25) is 0 Å². The van der Waals surface area contributed by atoms with Crippen molar-refractivity contribution in [2.24, 2.45) is 10.9 Å². The number of aryl methyl sites for hydroxylation is 1. The van der Waals surface area contributed by atoms with Gasteiger partial charge in [-0.05, 0) is 26.2 Å². The number of aromatic nitrogens is 1. The molecule has 4 nitrogen and oxygen atoms in total. The van der Waals surface area contributed by atoms with Crippen molar-refractivity contribution in [2.75, 3.05) is 13.6 Å². The fourth-order valence-electron chi connectivity index (χ4n) is 2.14. The molecule has 22 heavy (non-hydrogen) atoms. The third kappa shape index (κ3) is 9.61. The molecule has 0 radical (unpaired) electrons. The zero-order chi connectivity index (χ0) is 15.7. The van der Waals surface area contributed by atoms with Crippen molar-refractivity contribution in [3.63, 3.8) is 0 Å². The molecule has 0 aliphatic heterocycles.